The first-order chi connectivity index (χ1) is 17.8. The van der Waals surface area contributed by atoms with E-state index in [9.17, 15) is 22.8 Å². The Kier molecular flexibility index (Phi) is 6.43. The second-order valence-corrected chi connectivity index (χ2v) is 10.7. The summed E-state index contributed by atoms with van der Waals surface area (Å²) in [5.74, 6) is -0.451. The van der Waals surface area contributed by atoms with Gasteiger partial charge in [0.1, 0.15) is 0 Å². The van der Waals surface area contributed by atoms with Crippen LogP contribution in [-0.4, -0.2) is 38.0 Å². The molecule has 0 saturated carbocycles. The van der Waals surface area contributed by atoms with Crippen molar-refractivity contribution >= 4 is 50.6 Å². The first kappa shape index (κ1) is 24.5. The molecule has 0 atom stereocenters. The predicted molar refractivity (Wildman–Crippen MR) is 141 cm³/mol. The number of aryl methyl sites for hydroxylation is 1. The molecule has 2 amide bonds. The Balaban J connectivity index is 1.53. The van der Waals surface area contributed by atoms with E-state index in [4.69, 9.17) is 0 Å². The number of aromatic amines is 1. The van der Waals surface area contributed by atoms with Crippen LogP contribution in [0.5, 0.6) is 0 Å². The molecule has 0 fully saturated rings. The minimum atomic E-state index is -3.81. The van der Waals surface area contributed by atoms with E-state index in [0.717, 1.165) is 17.7 Å². The van der Waals surface area contributed by atoms with Gasteiger partial charge in [-0.25, -0.2) is 8.42 Å². The number of Topliss-reactive ketones (excluding diaryl/α,β-unsaturated/α-hetero) is 1. The standard InChI is InChI=1S/C27H26N4O5S/c1-28-25(33)13-11-18-23(29-22-8-5-9-24(32)26(18)22)15-20-19-14-16(10-12-21(19)30-27(20)34)31-37(35,36)17-6-3-2-4-7-17/h2-4,6-7,10,12,14-15,29,31H,5,8-9,11,13H2,1H3,(H,28,33)(H,30,34)/b20-15-. The third kappa shape index (κ3) is 4.79. The maximum Gasteiger partial charge on any atom is 0.261 e. The number of fused-ring (bicyclic) bond motifs is 2. The molecule has 1 aromatic heterocycles. The molecule has 0 bridgehead atoms. The number of aromatic nitrogens is 1. The van der Waals surface area contributed by atoms with Gasteiger partial charge in [0.15, 0.2) is 5.78 Å². The number of hydrogen-bond donors (Lipinski definition) is 4. The van der Waals surface area contributed by atoms with Crippen molar-refractivity contribution in [2.45, 2.75) is 37.0 Å². The lowest BCUT2D eigenvalue weighted by Crippen LogP contribution is -2.19. The molecule has 190 valence electrons. The zero-order valence-electron chi connectivity index (χ0n) is 20.2. The van der Waals surface area contributed by atoms with Gasteiger partial charge in [-0.05, 0) is 61.2 Å². The van der Waals surface area contributed by atoms with Gasteiger partial charge < -0.3 is 15.6 Å². The molecule has 1 aliphatic carbocycles. The van der Waals surface area contributed by atoms with Gasteiger partial charge in [0.25, 0.3) is 15.9 Å². The van der Waals surface area contributed by atoms with Gasteiger partial charge in [-0.3, -0.25) is 19.1 Å². The van der Waals surface area contributed by atoms with Gasteiger partial charge in [-0.2, -0.15) is 0 Å². The van der Waals surface area contributed by atoms with Crippen LogP contribution in [0, 0.1) is 0 Å². The minimum absolute atomic E-state index is 0.0305. The van der Waals surface area contributed by atoms with Gasteiger partial charge in [-0.15, -0.1) is 0 Å². The number of sulfonamides is 1. The molecule has 0 spiro atoms. The summed E-state index contributed by atoms with van der Waals surface area (Å²) in [6.45, 7) is 0. The van der Waals surface area contributed by atoms with E-state index < -0.39 is 10.0 Å². The highest BCUT2D eigenvalue weighted by Gasteiger charge is 2.29. The topological polar surface area (TPSA) is 137 Å². The highest BCUT2D eigenvalue weighted by molar-refractivity contribution is 7.92. The lowest BCUT2D eigenvalue weighted by atomic mass is 9.91. The van der Waals surface area contributed by atoms with Crippen LogP contribution in [0.15, 0.2) is 53.4 Å². The molecular weight excluding hydrogens is 492 g/mol. The number of ketones is 1. The van der Waals surface area contributed by atoms with Crippen LogP contribution < -0.4 is 15.4 Å². The summed E-state index contributed by atoms with van der Waals surface area (Å²) in [5, 5.41) is 5.41. The Bertz CT molecular complexity index is 1550. The summed E-state index contributed by atoms with van der Waals surface area (Å²) < 4.78 is 28.2. The number of H-pyrrole nitrogens is 1. The molecule has 10 heteroatoms. The third-order valence-electron chi connectivity index (χ3n) is 6.60. The van der Waals surface area contributed by atoms with Crippen molar-refractivity contribution in [3.8, 4) is 0 Å². The van der Waals surface area contributed by atoms with Crippen LogP contribution in [-0.2, 0) is 32.5 Å². The number of carbonyl (C=O) groups excluding carboxylic acids is 3. The molecule has 1 aliphatic heterocycles. The first-order valence-corrected chi connectivity index (χ1v) is 13.5. The number of carbonyl (C=O) groups is 3. The molecule has 9 nitrogen and oxygen atoms in total. The molecular formula is C27H26N4O5S. The maximum atomic E-state index is 12.9. The molecule has 2 aliphatic rings. The quantitative estimate of drug-likeness (QED) is 0.355. The van der Waals surface area contributed by atoms with Crippen LogP contribution in [0.3, 0.4) is 0 Å². The number of amides is 2. The Morgan fingerprint density at radius 2 is 1.86 bits per heavy atom. The molecule has 5 rings (SSSR count). The van der Waals surface area contributed by atoms with E-state index in [2.05, 4.69) is 20.3 Å². The van der Waals surface area contributed by atoms with Gasteiger partial charge >= 0.3 is 0 Å². The fourth-order valence-corrected chi connectivity index (χ4v) is 5.86. The molecule has 0 radical (unpaired) electrons. The highest BCUT2D eigenvalue weighted by atomic mass is 32.2. The number of hydrogen-bond acceptors (Lipinski definition) is 5. The number of anilines is 2. The van der Waals surface area contributed by atoms with E-state index in [-0.39, 0.29) is 28.9 Å². The summed E-state index contributed by atoms with van der Waals surface area (Å²) in [6, 6.07) is 12.9. The second-order valence-electron chi connectivity index (χ2n) is 9.01. The lowest BCUT2D eigenvalue weighted by molar-refractivity contribution is -0.120. The van der Waals surface area contributed by atoms with Gasteiger partial charge in [0.05, 0.1) is 10.5 Å². The third-order valence-corrected chi connectivity index (χ3v) is 8.00. The van der Waals surface area contributed by atoms with Crippen molar-refractivity contribution in [1.82, 2.24) is 10.3 Å². The highest BCUT2D eigenvalue weighted by Crippen LogP contribution is 2.37. The normalized spacial score (nSPS) is 15.8. The molecule has 4 N–H and O–H groups in total. The average molecular weight is 519 g/mol. The molecule has 2 heterocycles. The molecule has 37 heavy (non-hydrogen) atoms. The lowest BCUT2D eigenvalue weighted by Gasteiger charge is -2.11. The van der Waals surface area contributed by atoms with E-state index in [0.29, 0.717) is 53.0 Å². The Hall–Kier alpha value is -4.18. The van der Waals surface area contributed by atoms with Gasteiger partial charge in [0.2, 0.25) is 5.91 Å². The minimum Gasteiger partial charge on any atom is -0.359 e. The van der Waals surface area contributed by atoms with E-state index in [1.807, 2.05) is 0 Å². The zero-order chi connectivity index (χ0) is 26.2. The van der Waals surface area contributed by atoms with Gasteiger partial charge in [-0.1, -0.05) is 18.2 Å². The number of rotatable bonds is 7. The van der Waals surface area contributed by atoms with Crippen LogP contribution in [0.4, 0.5) is 11.4 Å². The van der Waals surface area contributed by atoms with Crippen molar-refractivity contribution in [2.75, 3.05) is 17.1 Å². The van der Waals surface area contributed by atoms with E-state index >= 15 is 0 Å². The summed E-state index contributed by atoms with van der Waals surface area (Å²) in [6.07, 6.45) is 4.14. The smallest absolute Gasteiger partial charge is 0.261 e. The van der Waals surface area contributed by atoms with Crippen LogP contribution in [0.25, 0.3) is 11.6 Å². The molecule has 3 aromatic rings. The van der Waals surface area contributed by atoms with Crippen LogP contribution >= 0.6 is 0 Å². The molecule has 0 unspecified atom stereocenters. The average Bonchev–Trinajstić information content (AvgIpc) is 3.40. The Morgan fingerprint density at radius 1 is 1.08 bits per heavy atom. The van der Waals surface area contributed by atoms with E-state index in [1.54, 1.807) is 49.5 Å². The zero-order valence-corrected chi connectivity index (χ0v) is 21.0. The van der Waals surface area contributed by atoms with E-state index in [1.165, 1.54) is 12.1 Å². The fraction of sp³-hybridized carbons (Fsp3) is 0.222. The first-order valence-electron chi connectivity index (χ1n) is 12.0. The maximum absolute atomic E-state index is 12.9. The summed E-state index contributed by atoms with van der Waals surface area (Å²) >= 11 is 0. The second kappa shape index (κ2) is 9.70. The molecule has 0 saturated heterocycles. The Labute approximate surface area is 214 Å². The fourth-order valence-electron chi connectivity index (χ4n) is 4.79. The van der Waals surface area contributed by atoms with Crippen molar-refractivity contribution in [3.63, 3.8) is 0 Å². The van der Waals surface area contributed by atoms with Crippen LogP contribution in [0.1, 0.15) is 52.1 Å². The SMILES string of the molecule is CNC(=O)CCc1c(/C=C2\C(=O)Nc3ccc(NS(=O)(=O)c4ccccc4)cc32)[nH]c2c1C(=O)CCC2. The number of benzene rings is 2. The summed E-state index contributed by atoms with van der Waals surface area (Å²) in [5.41, 5.74) is 4.50. The molecule has 2 aromatic carbocycles. The summed E-state index contributed by atoms with van der Waals surface area (Å²) in [4.78, 5) is 41.0. The van der Waals surface area contributed by atoms with Crippen molar-refractivity contribution < 1.29 is 22.8 Å². The number of nitrogens with one attached hydrogen (secondary N) is 4. The largest absolute Gasteiger partial charge is 0.359 e. The van der Waals surface area contributed by atoms with Crippen molar-refractivity contribution in [1.29, 1.82) is 0 Å². The van der Waals surface area contributed by atoms with Crippen molar-refractivity contribution in [3.05, 3.63) is 76.6 Å². The summed E-state index contributed by atoms with van der Waals surface area (Å²) in [7, 11) is -2.25. The monoisotopic (exact) mass is 518 g/mol. The Morgan fingerprint density at radius 3 is 2.62 bits per heavy atom. The van der Waals surface area contributed by atoms with Crippen molar-refractivity contribution in [2.24, 2.45) is 0 Å². The predicted octanol–water partition coefficient (Wildman–Crippen LogP) is 3.51. The van der Waals surface area contributed by atoms with Crippen LogP contribution in [0.2, 0.25) is 0 Å². The van der Waals surface area contributed by atoms with Gasteiger partial charge in [0, 0.05) is 53.8 Å².